The van der Waals surface area contributed by atoms with Crippen LogP contribution in [0.15, 0.2) is 30.3 Å². The van der Waals surface area contributed by atoms with Crippen molar-refractivity contribution in [2.24, 2.45) is 0 Å². The molecule has 2 aromatic rings. The van der Waals surface area contributed by atoms with Crippen LogP contribution in [0.3, 0.4) is 0 Å². The van der Waals surface area contributed by atoms with E-state index in [1.807, 2.05) is 11.0 Å². The normalized spacial score (nSPS) is 19.5. The molecule has 11 heteroatoms. The van der Waals surface area contributed by atoms with E-state index in [9.17, 15) is 23.2 Å². The Morgan fingerprint density at radius 2 is 1.82 bits per heavy atom. The molecule has 3 aliphatic heterocycles. The van der Waals surface area contributed by atoms with E-state index >= 15 is 0 Å². The third-order valence-electron chi connectivity index (χ3n) is 7.63. The fourth-order valence-corrected chi connectivity index (χ4v) is 5.57. The number of carbonyl (C=O) groups is 1. The Bertz CT molecular complexity index is 1200. The van der Waals surface area contributed by atoms with Gasteiger partial charge in [-0.05, 0) is 73.1 Å². The summed E-state index contributed by atoms with van der Waals surface area (Å²) in [6.45, 7) is 7.12. The fraction of sp³-hybridized carbons (Fsp3) is 0.552. The van der Waals surface area contributed by atoms with Crippen LogP contribution in [0.4, 0.5) is 29.5 Å². The SMILES string of the molecule is CC(F)(F)F.Cc1ccc(NC(=O)N2CCCC2)cc1-c1cc(C2CCCB(C#N)C2)nc(N2CCOCC2)c1. The number of nitriles is 1. The lowest BCUT2D eigenvalue weighted by molar-refractivity contribution is -0.110. The summed E-state index contributed by atoms with van der Waals surface area (Å²) in [5.74, 6) is 3.76. The molecular weight excluding hydrogens is 518 g/mol. The lowest BCUT2D eigenvalue weighted by atomic mass is 9.41. The number of morpholine rings is 1. The predicted molar refractivity (Wildman–Crippen MR) is 152 cm³/mol. The summed E-state index contributed by atoms with van der Waals surface area (Å²) < 4.78 is 36.6. The van der Waals surface area contributed by atoms with E-state index in [2.05, 4.69) is 47.4 Å². The number of likely N-dealkylation sites (tertiary alicyclic amines) is 1. The molecule has 214 valence electrons. The summed E-state index contributed by atoms with van der Waals surface area (Å²) in [5, 5.41) is 12.6. The van der Waals surface area contributed by atoms with Gasteiger partial charge >= 0.3 is 12.2 Å². The van der Waals surface area contributed by atoms with Crippen LogP contribution < -0.4 is 10.2 Å². The molecule has 7 nitrogen and oxygen atoms in total. The third-order valence-corrected chi connectivity index (χ3v) is 7.63. The van der Waals surface area contributed by atoms with Crippen molar-refractivity contribution in [1.82, 2.24) is 9.88 Å². The molecule has 1 aromatic carbocycles. The summed E-state index contributed by atoms with van der Waals surface area (Å²) >= 11 is 0. The number of aromatic nitrogens is 1. The number of ether oxygens (including phenoxy) is 1. The molecule has 0 bridgehead atoms. The second-order valence-corrected chi connectivity index (χ2v) is 10.9. The maximum Gasteiger partial charge on any atom is 0.386 e. The fourth-order valence-electron chi connectivity index (χ4n) is 5.57. The molecule has 5 rings (SSSR count). The van der Waals surface area contributed by atoms with Gasteiger partial charge in [-0.1, -0.05) is 25.1 Å². The third kappa shape index (κ3) is 8.37. The highest BCUT2D eigenvalue weighted by molar-refractivity contribution is 6.67. The number of halogens is 3. The van der Waals surface area contributed by atoms with Gasteiger partial charge in [0.1, 0.15) is 5.82 Å². The van der Waals surface area contributed by atoms with Crippen molar-refractivity contribution in [3.05, 3.63) is 41.6 Å². The molecule has 1 unspecified atom stereocenters. The lowest BCUT2D eigenvalue weighted by Crippen LogP contribution is -2.37. The van der Waals surface area contributed by atoms with Crippen LogP contribution in [-0.4, -0.2) is 68.2 Å². The Balaban J connectivity index is 0.000000681. The zero-order valence-corrected chi connectivity index (χ0v) is 23.3. The average Bonchev–Trinajstić information content (AvgIpc) is 3.49. The molecule has 1 atom stereocenters. The van der Waals surface area contributed by atoms with E-state index in [1.165, 1.54) is 0 Å². The number of benzene rings is 1. The first-order valence-corrected chi connectivity index (χ1v) is 14.1. The van der Waals surface area contributed by atoms with Gasteiger partial charge in [0.15, 0.2) is 0 Å². The van der Waals surface area contributed by atoms with Gasteiger partial charge in [-0.15, -0.1) is 0 Å². The van der Waals surface area contributed by atoms with Gasteiger partial charge in [-0.25, -0.2) is 15.0 Å². The lowest BCUT2D eigenvalue weighted by Gasteiger charge is -2.30. The van der Waals surface area contributed by atoms with Crippen LogP contribution in [0.2, 0.25) is 12.6 Å². The molecule has 2 amide bonds. The summed E-state index contributed by atoms with van der Waals surface area (Å²) in [4.78, 5) is 22.0. The smallest absolute Gasteiger partial charge is 0.378 e. The molecule has 1 aromatic heterocycles. The number of anilines is 2. The Morgan fingerprint density at radius 3 is 2.50 bits per heavy atom. The minimum Gasteiger partial charge on any atom is -0.378 e. The molecule has 0 radical (unpaired) electrons. The Hall–Kier alpha value is -3.26. The molecule has 3 aliphatic rings. The highest BCUT2D eigenvalue weighted by Gasteiger charge is 2.28. The topological polar surface area (TPSA) is 81.5 Å². The van der Waals surface area contributed by atoms with Gasteiger partial charge in [-0.2, -0.15) is 13.2 Å². The van der Waals surface area contributed by atoms with Crippen LogP contribution in [0.1, 0.15) is 49.8 Å². The number of pyridine rings is 1. The Kier molecular flexibility index (Phi) is 9.96. The number of rotatable bonds is 4. The Labute approximate surface area is 234 Å². The molecule has 1 N–H and O–H groups in total. The van der Waals surface area contributed by atoms with Crippen molar-refractivity contribution in [3.63, 3.8) is 0 Å². The number of hydrogen-bond donors (Lipinski definition) is 1. The van der Waals surface area contributed by atoms with E-state index in [1.54, 1.807) is 0 Å². The number of amides is 2. The molecule has 4 heterocycles. The van der Waals surface area contributed by atoms with Gasteiger partial charge in [0.25, 0.3) is 6.71 Å². The predicted octanol–water partition coefficient (Wildman–Crippen LogP) is 6.52. The van der Waals surface area contributed by atoms with Gasteiger partial charge < -0.3 is 19.9 Å². The number of aryl methyl sites for hydroxylation is 1. The highest BCUT2D eigenvalue weighted by Crippen LogP contribution is 2.37. The van der Waals surface area contributed by atoms with E-state index < -0.39 is 6.18 Å². The zero-order chi connectivity index (χ0) is 28.7. The van der Waals surface area contributed by atoms with Crippen molar-refractivity contribution < 1.29 is 22.7 Å². The minimum absolute atomic E-state index is 0.0218. The second-order valence-electron chi connectivity index (χ2n) is 10.9. The summed E-state index contributed by atoms with van der Waals surface area (Å²) in [6, 6.07) is 10.5. The number of nitrogens with one attached hydrogen (secondary N) is 1. The maximum absolute atomic E-state index is 12.7. The second kappa shape index (κ2) is 13.4. The number of alkyl halides is 3. The van der Waals surface area contributed by atoms with E-state index in [0.29, 0.717) is 19.1 Å². The first-order chi connectivity index (χ1) is 19.1. The van der Waals surface area contributed by atoms with Crippen LogP contribution in [0.5, 0.6) is 0 Å². The van der Waals surface area contributed by atoms with Crippen molar-refractivity contribution in [2.75, 3.05) is 49.6 Å². The van der Waals surface area contributed by atoms with E-state index in [0.717, 1.165) is 98.4 Å². The van der Waals surface area contributed by atoms with E-state index in [-0.39, 0.29) is 19.7 Å². The first kappa shape index (κ1) is 29.7. The molecule has 0 aliphatic carbocycles. The minimum atomic E-state index is -4.00. The highest BCUT2D eigenvalue weighted by atomic mass is 19.4. The molecule has 3 saturated heterocycles. The van der Waals surface area contributed by atoms with Gasteiger partial charge in [0.05, 0.1) is 13.2 Å². The zero-order valence-electron chi connectivity index (χ0n) is 23.3. The number of carbonyl (C=O) groups excluding carboxylic acids is 1. The van der Waals surface area contributed by atoms with Crippen molar-refractivity contribution in [3.8, 4) is 17.1 Å². The summed E-state index contributed by atoms with van der Waals surface area (Å²) in [6.07, 6.45) is 2.15. The average molecular weight is 555 g/mol. The van der Waals surface area contributed by atoms with Crippen LogP contribution in [0, 0.1) is 18.2 Å². The summed E-state index contributed by atoms with van der Waals surface area (Å²) in [7, 11) is 0. The molecule has 0 saturated carbocycles. The van der Waals surface area contributed by atoms with Gasteiger partial charge in [0.2, 0.25) is 0 Å². The van der Waals surface area contributed by atoms with Crippen LogP contribution >= 0.6 is 0 Å². The maximum atomic E-state index is 12.7. The number of nitrogens with zero attached hydrogens (tertiary/aromatic N) is 4. The monoisotopic (exact) mass is 555 g/mol. The number of hydrogen-bond acceptors (Lipinski definition) is 5. The summed E-state index contributed by atoms with van der Waals surface area (Å²) in [5.41, 5.74) is 5.28. The molecule has 0 spiro atoms. The first-order valence-electron chi connectivity index (χ1n) is 14.1. The van der Waals surface area contributed by atoms with Crippen molar-refractivity contribution in [2.45, 2.75) is 64.3 Å². The van der Waals surface area contributed by atoms with Crippen LogP contribution in [-0.2, 0) is 4.74 Å². The quantitative estimate of drug-likeness (QED) is 0.435. The molecule has 40 heavy (non-hydrogen) atoms. The van der Waals surface area contributed by atoms with Crippen molar-refractivity contribution >= 4 is 24.2 Å². The van der Waals surface area contributed by atoms with E-state index in [4.69, 9.17) is 9.72 Å². The standard InChI is InChI=1S/C27H34BN5O2.C2H3F3/c1-20-6-7-23(30-27(34)33-9-2-3-10-33)17-24(20)22-15-25(21-5-4-8-28(18-21)19-29)31-26(16-22)32-11-13-35-14-12-32;1-2(3,4)5/h6-7,15-17,21H,2-5,8-14,18H2,1H3,(H,30,34);1H3. The Morgan fingerprint density at radius 1 is 1.12 bits per heavy atom. The largest absolute Gasteiger partial charge is 0.386 e. The number of urea groups is 1. The van der Waals surface area contributed by atoms with Gasteiger partial charge in [-0.3, -0.25) is 0 Å². The molecule has 3 fully saturated rings. The van der Waals surface area contributed by atoms with Crippen LogP contribution in [0.25, 0.3) is 11.1 Å². The van der Waals surface area contributed by atoms with Crippen molar-refractivity contribution in [1.29, 1.82) is 5.26 Å². The molecular formula is C29H37BF3N5O2. The van der Waals surface area contributed by atoms with Gasteiger partial charge in [0, 0.05) is 50.5 Å².